The SMILES string of the molecule is OCCOc1c2ccccc2nn1-c1ccccc1. The average Bonchev–Trinajstić information content (AvgIpc) is 2.85. The Balaban J connectivity index is 2.17. The highest BCUT2D eigenvalue weighted by Crippen LogP contribution is 2.28. The van der Waals surface area contributed by atoms with Crippen molar-refractivity contribution in [1.29, 1.82) is 0 Å². The van der Waals surface area contributed by atoms with Crippen molar-refractivity contribution in [3.63, 3.8) is 0 Å². The highest BCUT2D eigenvalue weighted by atomic mass is 16.5. The molecule has 0 saturated carbocycles. The van der Waals surface area contributed by atoms with Crippen LogP contribution in [0.25, 0.3) is 16.6 Å². The van der Waals surface area contributed by atoms with Crippen molar-refractivity contribution < 1.29 is 9.84 Å². The predicted octanol–water partition coefficient (Wildman–Crippen LogP) is 2.40. The summed E-state index contributed by atoms with van der Waals surface area (Å²) in [4.78, 5) is 0. The molecule has 0 aliphatic heterocycles. The molecule has 4 heteroatoms. The normalized spacial score (nSPS) is 10.8. The van der Waals surface area contributed by atoms with Crippen LogP contribution in [0.3, 0.4) is 0 Å². The van der Waals surface area contributed by atoms with Crippen LogP contribution in [0.1, 0.15) is 0 Å². The first-order chi connectivity index (χ1) is 9.40. The van der Waals surface area contributed by atoms with Gasteiger partial charge in [-0.25, -0.2) is 0 Å². The number of benzene rings is 2. The fraction of sp³-hybridized carbons (Fsp3) is 0.133. The van der Waals surface area contributed by atoms with E-state index in [1.165, 1.54) is 0 Å². The van der Waals surface area contributed by atoms with E-state index < -0.39 is 0 Å². The molecule has 0 aliphatic carbocycles. The average molecular weight is 254 g/mol. The maximum atomic E-state index is 8.94. The predicted molar refractivity (Wildman–Crippen MR) is 73.7 cm³/mol. The molecule has 0 fully saturated rings. The Bertz CT molecular complexity index is 677. The maximum Gasteiger partial charge on any atom is 0.224 e. The molecule has 2 aromatic carbocycles. The van der Waals surface area contributed by atoms with Gasteiger partial charge in [-0.15, -0.1) is 0 Å². The van der Waals surface area contributed by atoms with Gasteiger partial charge in [0, 0.05) is 0 Å². The van der Waals surface area contributed by atoms with Crippen molar-refractivity contribution in [1.82, 2.24) is 9.78 Å². The third-order valence-corrected chi connectivity index (χ3v) is 2.87. The Morgan fingerprint density at radius 1 is 1.00 bits per heavy atom. The van der Waals surface area contributed by atoms with Crippen LogP contribution in [0.4, 0.5) is 0 Å². The molecule has 1 aromatic heterocycles. The molecule has 0 unspecified atom stereocenters. The van der Waals surface area contributed by atoms with Crippen LogP contribution in [0.15, 0.2) is 54.6 Å². The number of hydrogen-bond donors (Lipinski definition) is 1. The standard InChI is InChI=1S/C15H14N2O2/c18-10-11-19-15-13-8-4-5-9-14(13)16-17(15)12-6-2-1-3-7-12/h1-9,18H,10-11H2. The smallest absolute Gasteiger partial charge is 0.224 e. The second-order valence-electron chi connectivity index (χ2n) is 4.14. The van der Waals surface area contributed by atoms with Gasteiger partial charge >= 0.3 is 0 Å². The number of hydrogen-bond acceptors (Lipinski definition) is 3. The van der Waals surface area contributed by atoms with E-state index in [0.717, 1.165) is 16.6 Å². The quantitative estimate of drug-likeness (QED) is 0.777. The molecule has 3 aromatic rings. The molecule has 4 nitrogen and oxygen atoms in total. The summed E-state index contributed by atoms with van der Waals surface area (Å²) in [5, 5.41) is 14.4. The van der Waals surface area contributed by atoms with Crippen LogP contribution in [0.5, 0.6) is 5.88 Å². The van der Waals surface area contributed by atoms with Crippen molar-refractivity contribution in [3.05, 3.63) is 54.6 Å². The van der Waals surface area contributed by atoms with Gasteiger partial charge in [-0.3, -0.25) is 0 Å². The number of aromatic nitrogens is 2. The second kappa shape index (κ2) is 5.12. The highest BCUT2D eigenvalue weighted by molar-refractivity contribution is 5.85. The molecule has 0 atom stereocenters. The minimum absolute atomic E-state index is 0.0195. The topological polar surface area (TPSA) is 47.3 Å². The third-order valence-electron chi connectivity index (χ3n) is 2.87. The molecular formula is C15H14N2O2. The van der Waals surface area contributed by atoms with Crippen molar-refractivity contribution in [2.45, 2.75) is 0 Å². The summed E-state index contributed by atoms with van der Waals surface area (Å²) in [6, 6.07) is 17.6. The highest BCUT2D eigenvalue weighted by Gasteiger charge is 2.13. The Kier molecular flexibility index (Phi) is 3.16. The van der Waals surface area contributed by atoms with Gasteiger partial charge in [-0.2, -0.15) is 9.78 Å². The molecule has 0 spiro atoms. The zero-order valence-corrected chi connectivity index (χ0v) is 10.4. The Morgan fingerprint density at radius 3 is 2.53 bits per heavy atom. The van der Waals surface area contributed by atoms with Crippen LogP contribution < -0.4 is 4.74 Å². The van der Waals surface area contributed by atoms with Crippen LogP contribution >= 0.6 is 0 Å². The van der Waals surface area contributed by atoms with Crippen molar-refractivity contribution in [2.24, 2.45) is 0 Å². The van der Waals surface area contributed by atoms with E-state index in [2.05, 4.69) is 5.10 Å². The van der Waals surface area contributed by atoms with E-state index in [-0.39, 0.29) is 13.2 Å². The zero-order chi connectivity index (χ0) is 13.1. The summed E-state index contributed by atoms with van der Waals surface area (Å²) in [6.45, 7) is 0.233. The summed E-state index contributed by atoms with van der Waals surface area (Å²) in [7, 11) is 0. The van der Waals surface area contributed by atoms with Gasteiger partial charge in [0.25, 0.3) is 0 Å². The van der Waals surface area contributed by atoms with E-state index in [1.807, 2.05) is 54.6 Å². The molecule has 1 heterocycles. The molecule has 1 N–H and O–H groups in total. The van der Waals surface area contributed by atoms with Gasteiger partial charge in [0.1, 0.15) is 6.61 Å². The van der Waals surface area contributed by atoms with E-state index in [4.69, 9.17) is 9.84 Å². The first-order valence-electron chi connectivity index (χ1n) is 6.17. The minimum Gasteiger partial charge on any atom is -0.475 e. The molecule has 96 valence electrons. The minimum atomic E-state index is -0.0195. The first-order valence-corrected chi connectivity index (χ1v) is 6.17. The molecule has 0 saturated heterocycles. The van der Waals surface area contributed by atoms with E-state index in [9.17, 15) is 0 Å². The summed E-state index contributed by atoms with van der Waals surface area (Å²) < 4.78 is 7.41. The maximum absolute atomic E-state index is 8.94. The van der Waals surface area contributed by atoms with Crippen LogP contribution in [0, 0.1) is 0 Å². The Morgan fingerprint density at radius 2 is 1.74 bits per heavy atom. The van der Waals surface area contributed by atoms with Gasteiger partial charge in [-0.05, 0) is 24.3 Å². The number of para-hydroxylation sites is 1. The van der Waals surface area contributed by atoms with Crippen LogP contribution in [-0.4, -0.2) is 28.1 Å². The molecule has 0 bridgehead atoms. The lowest BCUT2D eigenvalue weighted by Crippen LogP contribution is -2.07. The monoisotopic (exact) mass is 254 g/mol. The van der Waals surface area contributed by atoms with Gasteiger partial charge < -0.3 is 9.84 Å². The van der Waals surface area contributed by atoms with Gasteiger partial charge in [-0.1, -0.05) is 30.3 Å². The number of aliphatic hydroxyl groups excluding tert-OH is 1. The Hall–Kier alpha value is -2.33. The van der Waals surface area contributed by atoms with Crippen molar-refractivity contribution in [3.8, 4) is 11.6 Å². The molecule has 0 radical (unpaired) electrons. The van der Waals surface area contributed by atoms with Crippen molar-refractivity contribution in [2.75, 3.05) is 13.2 Å². The fourth-order valence-electron chi connectivity index (χ4n) is 2.03. The molecule has 19 heavy (non-hydrogen) atoms. The summed E-state index contributed by atoms with van der Waals surface area (Å²) in [6.07, 6.45) is 0. The first kappa shape index (κ1) is 11.7. The van der Waals surface area contributed by atoms with Crippen LogP contribution in [-0.2, 0) is 0 Å². The van der Waals surface area contributed by atoms with Gasteiger partial charge in [0.05, 0.1) is 23.2 Å². The molecular weight excluding hydrogens is 240 g/mol. The number of ether oxygens (including phenoxy) is 1. The van der Waals surface area contributed by atoms with Crippen molar-refractivity contribution >= 4 is 10.9 Å². The number of fused-ring (bicyclic) bond motifs is 1. The largest absolute Gasteiger partial charge is 0.475 e. The Labute approximate surface area is 110 Å². The number of rotatable bonds is 4. The molecule has 3 rings (SSSR count). The molecule has 0 aliphatic rings. The lowest BCUT2D eigenvalue weighted by Gasteiger charge is -2.08. The molecule has 0 amide bonds. The third kappa shape index (κ3) is 2.18. The zero-order valence-electron chi connectivity index (χ0n) is 10.4. The van der Waals surface area contributed by atoms with E-state index in [0.29, 0.717) is 5.88 Å². The van der Waals surface area contributed by atoms with Gasteiger partial charge in [0.15, 0.2) is 0 Å². The lowest BCUT2D eigenvalue weighted by atomic mass is 10.2. The fourth-order valence-corrected chi connectivity index (χ4v) is 2.03. The summed E-state index contributed by atoms with van der Waals surface area (Å²) in [5.74, 6) is 0.663. The number of nitrogens with zero attached hydrogens (tertiary/aromatic N) is 2. The van der Waals surface area contributed by atoms with E-state index in [1.54, 1.807) is 4.68 Å². The van der Waals surface area contributed by atoms with Gasteiger partial charge in [0.2, 0.25) is 5.88 Å². The summed E-state index contributed by atoms with van der Waals surface area (Å²) >= 11 is 0. The number of aliphatic hydroxyl groups is 1. The summed E-state index contributed by atoms with van der Waals surface area (Å²) in [5.41, 5.74) is 1.81. The second-order valence-corrected chi connectivity index (χ2v) is 4.14. The van der Waals surface area contributed by atoms with Crippen LogP contribution in [0.2, 0.25) is 0 Å². The van der Waals surface area contributed by atoms with E-state index >= 15 is 0 Å². The lowest BCUT2D eigenvalue weighted by molar-refractivity contribution is 0.195.